The van der Waals surface area contributed by atoms with Gasteiger partial charge >= 0.3 is 11.9 Å². The highest BCUT2D eigenvalue weighted by molar-refractivity contribution is 5.93. The standard InChI is InChI=1S/C31H40O10/c1-19-7-9-21(23(32)11-19)25(34)36-13-29(3,4)27-38-15-31(16-39-27)17-40-28(41-18-31)30(5,6)14-37-26(35)22-10-8-20(2)12-24(22)33/h7-12,27-28,32-33H,13-18H2,1-6H3. The van der Waals surface area contributed by atoms with Gasteiger partial charge in [0.2, 0.25) is 0 Å². The molecule has 0 atom stereocenters. The van der Waals surface area contributed by atoms with Crippen molar-refractivity contribution in [2.24, 2.45) is 16.2 Å². The molecule has 2 aliphatic rings. The second-order valence-electron chi connectivity index (χ2n) is 12.6. The molecule has 2 aliphatic heterocycles. The molecule has 0 aliphatic carbocycles. The number of hydrogen-bond donors (Lipinski definition) is 2. The molecule has 2 aromatic rings. The van der Waals surface area contributed by atoms with Gasteiger partial charge in [0, 0.05) is 10.8 Å². The molecule has 2 heterocycles. The lowest BCUT2D eigenvalue weighted by molar-refractivity contribution is -0.336. The highest BCUT2D eigenvalue weighted by Crippen LogP contribution is 2.39. The van der Waals surface area contributed by atoms with Gasteiger partial charge in [0.1, 0.15) is 35.8 Å². The average molecular weight is 573 g/mol. The van der Waals surface area contributed by atoms with Crippen LogP contribution in [0.2, 0.25) is 0 Å². The molecule has 41 heavy (non-hydrogen) atoms. The lowest BCUT2D eigenvalue weighted by atomic mass is 9.86. The first-order chi connectivity index (χ1) is 19.2. The lowest BCUT2D eigenvalue weighted by Gasteiger charge is -2.48. The molecule has 10 heteroatoms. The summed E-state index contributed by atoms with van der Waals surface area (Å²) >= 11 is 0. The fourth-order valence-electron chi connectivity index (χ4n) is 4.68. The van der Waals surface area contributed by atoms with Gasteiger partial charge in [-0.05, 0) is 49.2 Å². The van der Waals surface area contributed by atoms with Crippen LogP contribution in [-0.2, 0) is 28.4 Å². The lowest BCUT2D eigenvalue weighted by Crippen LogP contribution is -2.57. The van der Waals surface area contributed by atoms with Crippen LogP contribution in [-0.4, -0.2) is 74.4 Å². The minimum Gasteiger partial charge on any atom is -0.507 e. The van der Waals surface area contributed by atoms with Crippen LogP contribution in [0, 0.1) is 30.1 Å². The molecule has 4 rings (SSSR count). The predicted octanol–water partition coefficient (Wildman–Crippen LogP) is 4.51. The van der Waals surface area contributed by atoms with Crippen molar-refractivity contribution in [2.75, 3.05) is 39.6 Å². The van der Waals surface area contributed by atoms with Gasteiger partial charge in [0.05, 0.1) is 31.8 Å². The normalized spacial score (nSPS) is 23.3. The molecule has 2 fully saturated rings. The van der Waals surface area contributed by atoms with Crippen molar-refractivity contribution in [1.29, 1.82) is 0 Å². The van der Waals surface area contributed by atoms with Crippen LogP contribution in [0.3, 0.4) is 0 Å². The Labute approximate surface area is 240 Å². The third-order valence-corrected chi connectivity index (χ3v) is 7.34. The molecule has 2 aromatic carbocycles. The van der Waals surface area contributed by atoms with E-state index in [1.54, 1.807) is 12.1 Å². The van der Waals surface area contributed by atoms with Crippen LogP contribution < -0.4 is 0 Å². The number of rotatable bonds is 8. The minimum atomic E-state index is -0.658. The van der Waals surface area contributed by atoms with Crippen molar-refractivity contribution < 1.29 is 48.2 Å². The SMILES string of the molecule is Cc1ccc(C(=O)OCC(C)(C)C2OCC3(CO2)COC(C(C)(C)COC(=O)c2ccc(C)cc2O)OC3)c(O)c1. The average Bonchev–Trinajstić information content (AvgIpc) is 2.91. The van der Waals surface area contributed by atoms with Gasteiger partial charge in [-0.2, -0.15) is 0 Å². The number of ether oxygens (including phenoxy) is 6. The molecule has 2 saturated heterocycles. The third-order valence-electron chi connectivity index (χ3n) is 7.34. The Morgan fingerprint density at radius 1 is 0.732 bits per heavy atom. The fraction of sp³-hybridized carbons (Fsp3) is 0.548. The first kappa shape index (κ1) is 30.8. The molecule has 10 nitrogen and oxygen atoms in total. The maximum Gasteiger partial charge on any atom is 0.341 e. The van der Waals surface area contributed by atoms with Crippen molar-refractivity contribution in [3.8, 4) is 11.5 Å². The minimum absolute atomic E-state index is 0.0269. The molecule has 0 bridgehead atoms. The number of phenolic OH excluding ortho intramolecular Hbond substituents is 2. The molecular weight excluding hydrogens is 532 g/mol. The van der Waals surface area contributed by atoms with Crippen LogP contribution in [0.15, 0.2) is 36.4 Å². The van der Waals surface area contributed by atoms with Crippen molar-refractivity contribution >= 4 is 11.9 Å². The quantitative estimate of drug-likeness (QED) is 0.436. The fourth-order valence-corrected chi connectivity index (χ4v) is 4.68. The number of carbonyl (C=O) groups excluding carboxylic acids is 2. The van der Waals surface area contributed by atoms with Crippen molar-refractivity contribution in [2.45, 2.75) is 54.1 Å². The summed E-state index contributed by atoms with van der Waals surface area (Å²) in [5, 5.41) is 20.1. The Bertz CT molecular complexity index is 1150. The highest BCUT2D eigenvalue weighted by Gasteiger charge is 2.48. The van der Waals surface area contributed by atoms with Gasteiger partial charge in [-0.15, -0.1) is 0 Å². The molecule has 1 spiro atoms. The first-order valence-corrected chi connectivity index (χ1v) is 13.6. The molecule has 0 aromatic heterocycles. The topological polar surface area (TPSA) is 130 Å². The van der Waals surface area contributed by atoms with Crippen LogP contribution in [0.4, 0.5) is 0 Å². The van der Waals surface area contributed by atoms with Crippen LogP contribution >= 0.6 is 0 Å². The summed E-state index contributed by atoms with van der Waals surface area (Å²) in [5.41, 5.74) is 0.0630. The predicted molar refractivity (Wildman–Crippen MR) is 148 cm³/mol. The zero-order chi connectivity index (χ0) is 30.0. The Morgan fingerprint density at radius 2 is 1.07 bits per heavy atom. The molecule has 2 N–H and O–H groups in total. The zero-order valence-corrected chi connectivity index (χ0v) is 24.5. The number of phenols is 2. The van der Waals surface area contributed by atoms with E-state index in [0.29, 0.717) is 26.4 Å². The molecule has 0 radical (unpaired) electrons. The number of aromatic hydroxyl groups is 2. The largest absolute Gasteiger partial charge is 0.507 e. The zero-order valence-electron chi connectivity index (χ0n) is 24.5. The second kappa shape index (κ2) is 12.0. The molecule has 0 unspecified atom stereocenters. The summed E-state index contributed by atoms with van der Waals surface area (Å²) in [4.78, 5) is 25.0. The summed E-state index contributed by atoms with van der Waals surface area (Å²) < 4.78 is 35.2. The van der Waals surface area contributed by atoms with E-state index in [2.05, 4.69) is 0 Å². The maximum atomic E-state index is 12.5. The molecular formula is C31H40O10. The van der Waals surface area contributed by atoms with Gasteiger partial charge < -0.3 is 38.6 Å². The van der Waals surface area contributed by atoms with E-state index in [4.69, 9.17) is 28.4 Å². The highest BCUT2D eigenvalue weighted by atomic mass is 16.7. The van der Waals surface area contributed by atoms with Gasteiger partial charge in [-0.25, -0.2) is 9.59 Å². The van der Waals surface area contributed by atoms with Crippen LogP contribution in [0.1, 0.15) is 59.5 Å². The summed E-state index contributed by atoms with van der Waals surface area (Å²) in [5.74, 6) is -1.48. The number of hydrogen-bond acceptors (Lipinski definition) is 10. The van der Waals surface area contributed by atoms with E-state index >= 15 is 0 Å². The second-order valence-corrected chi connectivity index (χ2v) is 12.6. The Morgan fingerprint density at radius 3 is 1.39 bits per heavy atom. The van der Waals surface area contributed by atoms with Crippen molar-refractivity contribution in [3.63, 3.8) is 0 Å². The Balaban J connectivity index is 1.24. The smallest absolute Gasteiger partial charge is 0.341 e. The number of benzene rings is 2. The van der Waals surface area contributed by atoms with Crippen LogP contribution in [0.25, 0.3) is 0 Å². The Hall–Kier alpha value is -3.18. The number of esters is 2. The van der Waals surface area contributed by atoms with Crippen molar-refractivity contribution in [3.05, 3.63) is 58.7 Å². The van der Waals surface area contributed by atoms with Gasteiger partial charge in [0.25, 0.3) is 0 Å². The summed E-state index contributed by atoms with van der Waals surface area (Å²) in [7, 11) is 0. The molecule has 0 saturated carbocycles. The monoisotopic (exact) mass is 572 g/mol. The van der Waals surface area contributed by atoms with Gasteiger partial charge in [0.15, 0.2) is 12.6 Å². The maximum absolute atomic E-state index is 12.5. The van der Waals surface area contributed by atoms with E-state index in [-0.39, 0.29) is 35.8 Å². The number of carbonyl (C=O) groups is 2. The van der Waals surface area contributed by atoms with E-state index in [0.717, 1.165) is 11.1 Å². The summed E-state index contributed by atoms with van der Waals surface area (Å²) in [6.45, 7) is 12.5. The van der Waals surface area contributed by atoms with Gasteiger partial charge in [-0.1, -0.05) is 39.8 Å². The Kier molecular flexibility index (Phi) is 8.98. The van der Waals surface area contributed by atoms with Crippen LogP contribution in [0.5, 0.6) is 11.5 Å². The van der Waals surface area contributed by atoms with E-state index in [1.165, 1.54) is 24.3 Å². The first-order valence-electron chi connectivity index (χ1n) is 13.6. The van der Waals surface area contributed by atoms with Gasteiger partial charge in [-0.3, -0.25) is 0 Å². The van der Waals surface area contributed by atoms with Crippen molar-refractivity contribution in [1.82, 2.24) is 0 Å². The number of aryl methyl sites for hydroxylation is 2. The van der Waals surface area contributed by atoms with E-state index in [9.17, 15) is 19.8 Å². The van der Waals surface area contributed by atoms with E-state index in [1.807, 2.05) is 41.5 Å². The van der Waals surface area contributed by atoms with E-state index < -0.39 is 40.8 Å². The summed E-state index contributed by atoms with van der Waals surface area (Å²) in [6.07, 6.45) is -1.25. The molecule has 0 amide bonds. The molecule has 224 valence electrons. The third kappa shape index (κ3) is 7.19. The summed E-state index contributed by atoms with van der Waals surface area (Å²) in [6, 6.07) is 9.56.